The van der Waals surface area contributed by atoms with Gasteiger partial charge in [-0.25, -0.2) is 0 Å². The van der Waals surface area contributed by atoms with Crippen molar-refractivity contribution in [3.63, 3.8) is 0 Å². The summed E-state index contributed by atoms with van der Waals surface area (Å²) in [7, 11) is 3.47. The average Bonchev–Trinajstić information content (AvgIpc) is 3.20. The Balaban J connectivity index is 1.61. The van der Waals surface area contributed by atoms with Gasteiger partial charge in [-0.1, -0.05) is 97.1 Å². The summed E-state index contributed by atoms with van der Waals surface area (Å²) >= 11 is 0. The summed E-state index contributed by atoms with van der Waals surface area (Å²) in [6.07, 6.45) is 5.89. The molecule has 0 aliphatic rings. The smallest absolute Gasteiger partial charge is 0.126 e. The number of aryl methyl sites for hydroxylation is 2. The largest absolute Gasteiger partial charge is 0.497 e. The predicted octanol–water partition coefficient (Wildman–Crippen LogP) is 10.8. The Morgan fingerprint density at radius 2 is 0.792 bits per heavy atom. The van der Waals surface area contributed by atoms with Crippen LogP contribution in [-0.4, -0.2) is 27.4 Å². The highest BCUT2D eigenvalue weighted by Crippen LogP contribution is 2.41. The Labute approximate surface area is 316 Å². The third-order valence-corrected chi connectivity index (χ3v) is 9.93. The fourth-order valence-corrected chi connectivity index (χ4v) is 7.43. The fraction of sp³-hybridized carbons (Fsp3) is 0.265. The third kappa shape index (κ3) is 9.90. The lowest BCUT2D eigenvalue weighted by atomic mass is 9.79. The molecule has 53 heavy (non-hydrogen) atoms. The second-order valence-corrected chi connectivity index (χ2v) is 13.4. The van der Waals surface area contributed by atoms with E-state index in [4.69, 9.17) is 18.9 Å². The molecule has 0 spiro atoms. The Morgan fingerprint density at radius 1 is 0.358 bits per heavy atom. The van der Waals surface area contributed by atoms with Crippen molar-refractivity contribution >= 4 is 0 Å². The van der Waals surface area contributed by atoms with Gasteiger partial charge in [-0.2, -0.15) is 0 Å². The first kappa shape index (κ1) is 37.3. The maximum absolute atomic E-state index is 6.89. The third-order valence-electron chi connectivity index (χ3n) is 9.93. The molecule has 0 bridgehead atoms. The van der Waals surface area contributed by atoms with Gasteiger partial charge in [0.05, 0.1) is 27.4 Å². The molecule has 4 heteroatoms. The summed E-state index contributed by atoms with van der Waals surface area (Å²) in [5, 5.41) is 0. The topological polar surface area (TPSA) is 36.9 Å². The molecule has 0 saturated heterocycles. The Hall–Kier alpha value is -5.48. The van der Waals surface area contributed by atoms with E-state index in [0.717, 1.165) is 67.9 Å². The molecule has 0 radical (unpaired) electrons. The quantitative estimate of drug-likeness (QED) is 0.0893. The molecule has 4 nitrogen and oxygen atoms in total. The molecule has 0 amide bonds. The van der Waals surface area contributed by atoms with Crippen LogP contribution in [0.5, 0.6) is 23.0 Å². The molecule has 6 aromatic rings. The lowest BCUT2D eigenvalue weighted by molar-refractivity contribution is 0.332. The van der Waals surface area contributed by atoms with Crippen LogP contribution in [0.15, 0.2) is 133 Å². The van der Waals surface area contributed by atoms with Crippen molar-refractivity contribution in [2.75, 3.05) is 27.4 Å². The van der Waals surface area contributed by atoms with E-state index in [1.165, 1.54) is 55.6 Å². The van der Waals surface area contributed by atoms with Crippen LogP contribution < -0.4 is 18.9 Å². The van der Waals surface area contributed by atoms with Crippen LogP contribution in [0.25, 0.3) is 0 Å². The Kier molecular flexibility index (Phi) is 13.3. The Morgan fingerprint density at radius 3 is 1.34 bits per heavy atom. The van der Waals surface area contributed by atoms with Crippen LogP contribution in [0.4, 0.5) is 0 Å². The molecular weight excluding hydrogens is 653 g/mol. The monoisotopic (exact) mass is 704 g/mol. The van der Waals surface area contributed by atoms with Crippen molar-refractivity contribution in [1.29, 1.82) is 0 Å². The molecule has 0 heterocycles. The normalized spacial score (nSPS) is 10.9. The van der Waals surface area contributed by atoms with Crippen molar-refractivity contribution in [2.45, 2.75) is 58.8 Å². The minimum absolute atomic E-state index is 0.572. The first-order valence-corrected chi connectivity index (χ1v) is 18.9. The maximum atomic E-state index is 6.89. The minimum Gasteiger partial charge on any atom is -0.497 e. The maximum Gasteiger partial charge on any atom is 0.126 e. The van der Waals surface area contributed by atoms with E-state index in [1.54, 1.807) is 14.2 Å². The van der Waals surface area contributed by atoms with E-state index in [1.807, 2.05) is 25.1 Å². The molecule has 0 aromatic heterocycles. The zero-order valence-corrected chi connectivity index (χ0v) is 31.7. The Bertz CT molecular complexity index is 2050. The van der Waals surface area contributed by atoms with Gasteiger partial charge in [-0.15, -0.1) is 0 Å². The highest BCUT2D eigenvalue weighted by molar-refractivity contribution is 5.60. The molecule has 0 unspecified atom stereocenters. The van der Waals surface area contributed by atoms with Crippen molar-refractivity contribution in [2.24, 2.45) is 0 Å². The molecule has 0 aliphatic carbocycles. The summed E-state index contributed by atoms with van der Waals surface area (Å²) < 4.78 is 24.2. The van der Waals surface area contributed by atoms with Crippen LogP contribution in [0.1, 0.15) is 69.5 Å². The molecule has 0 N–H and O–H groups in total. The van der Waals surface area contributed by atoms with Crippen LogP contribution in [0.3, 0.4) is 0 Å². The van der Waals surface area contributed by atoms with Crippen LogP contribution in [0.2, 0.25) is 0 Å². The van der Waals surface area contributed by atoms with Gasteiger partial charge in [0.25, 0.3) is 0 Å². The molecule has 0 saturated carbocycles. The average molecular weight is 705 g/mol. The van der Waals surface area contributed by atoms with Crippen LogP contribution >= 0.6 is 0 Å². The summed E-state index contributed by atoms with van der Waals surface area (Å²) in [6, 6.07) is 47.3. The van der Waals surface area contributed by atoms with E-state index in [9.17, 15) is 0 Å². The highest BCUT2D eigenvalue weighted by Gasteiger charge is 2.26. The van der Waals surface area contributed by atoms with Gasteiger partial charge in [0.2, 0.25) is 0 Å². The van der Waals surface area contributed by atoms with Gasteiger partial charge in [0, 0.05) is 24.0 Å². The zero-order valence-electron chi connectivity index (χ0n) is 31.7. The van der Waals surface area contributed by atoms with E-state index in [2.05, 4.69) is 122 Å². The van der Waals surface area contributed by atoms with E-state index in [0.29, 0.717) is 13.2 Å². The first-order chi connectivity index (χ1) is 26.1. The molecule has 6 aromatic carbocycles. The number of ether oxygens (including phenoxy) is 4. The van der Waals surface area contributed by atoms with Gasteiger partial charge in [-0.3, -0.25) is 0 Å². The molecule has 0 aliphatic heterocycles. The van der Waals surface area contributed by atoms with E-state index >= 15 is 0 Å². The number of hydrogen-bond acceptors (Lipinski definition) is 4. The predicted molar refractivity (Wildman–Crippen MR) is 217 cm³/mol. The lowest BCUT2D eigenvalue weighted by Crippen LogP contribution is -2.16. The second-order valence-electron chi connectivity index (χ2n) is 13.4. The van der Waals surface area contributed by atoms with Gasteiger partial charge >= 0.3 is 0 Å². The van der Waals surface area contributed by atoms with Crippen LogP contribution in [0, 0.1) is 0 Å². The summed E-state index contributed by atoms with van der Waals surface area (Å²) in [5.74, 6) is 3.64. The molecule has 0 fully saturated rings. The van der Waals surface area contributed by atoms with Gasteiger partial charge in [0.1, 0.15) is 23.0 Å². The summed E-state index contributed by atoms with van der Waals surface area (Å²) in [6.45, 7) is 5.34. The molecular formula is C49H52O4. The van der Waals surface area contributed by atoms with Gasteiger partial charge in [0.15, 0.2) is 0 Å². The van der Waals surface area contributed by atoms with Crippen molar-refractivity contribution in [3.8, 4) is 23.0 Å². The molecule has 272 valence electrons. The van der Waals surface area contributed by atoms with Crippen molar-refractivity contribution < 1.29 is 18.9 Å². The highest BCUT2D eigenvalue weighted by atomic mass is 16.5. The van der Waals surface area contributed by atoms with Crippen LogP contribution in [-0.2, 0) is 44.9 Å². The van der Waals surface area contributed by atoms with Gasteiger partial charge in [-0.05, 0) is 127 Å². The zero-order chi connectivity index (χ0) is 36.8. The van der Waals surface area contributed by atoms with E-state index in [-0.39, 0.29) is 0 Å². The molecule has 0 atom stereocenters. The molecule has 6 rings (SSSR count). The fourth-order valence-electron chi connectivity index (χ4n) is 7.43. The van der Waals surface area contributed by atoms with Crippen molar-refractivity contribution in [1.82, 2.24) is 0 Å². The van der Waals surface area contributed by atoms with Gasteiger partial charge < -0.3 is 18.9 Å². The SMILES string of the molecule is CCOc1cccc(Cc2c(CCc3cccc(OC)c3)c(Cc3ccccc3)c(CCc3ccccc3)c(Cc3cccc(OC)c3)c2OCC)c1. The summed E-state index contributed by atoms with van der Waals surface area (Å²) in [4.78, 5) is 0. The number of rotatable bonds is 18. The van der Waals surface area contributed by atoms with Crippen molar-refractivity contribution in [3.05, 3.63) is 189 Å². The lowest BCUT2D eigenvalue weighted by Gasteiger charge is -2.28. The number of benzene rings is 6. The second kappa shape index (κ2) is 18.8. The number of hydrogen-bond donors (Lipinski definition) is 0. The standard InChI is InChI=1S/C49H52O4/c1-5-52-43-25-15-22-40(32-43)35-48-45(29-27-38-20-13-23-41(30-38)50-3)46(33-37-18-11-8-12-19-37)44(28-26-36-16-9-7-10-17-36)47(49(48)53-6-2)34-39-21-14-24-42(31-39)51-4/h7-25,30-32H,5-6,26-29,33-35H2,1-4H3. The van der Waals surface area contributed by atoms with E-state index < -0.39 is 0 Å². The summed E-state index contributed by atoms with van der Waals surface area (Å²) in [5.41, 5.74) is 13.0. The minimum atomic E-state index is 0.572. The first-order valence-electron chi connectivity index (χ1n) is 18.9. The number of methoxy groups -OCH3 is 2.